The molecule has 94 valence electrons. The largest absolute Gasteiger partial charge is 0.349 e. The Balaban J connectivity index is 2.63. The van der Waals surface area contributed by atoms with Crippen LogP contribution >= 0.6 is 0 Å². The van der Waals surface area contributed by atoms with Gasteiger partial charge >= 0.3 is 0 Å². The van der Waals surface area contributed by atoms with E-state index >= 15 is 0 Å². The molecular formula is C14H22N2O. The van der Waals surface area contributed by atoms with Crippen LogP contribution in [0.2, 0.25) is 0 Å². The number of rotatable bonds is 5. The highest BCUT2D eigenvalue weighted by Crippen LogP contribution is 2.07. The minimum absolute atomic E-state index is 0.00880. The lowest BCUT2D eigenvalue weighted by Gasteiger charge is -2.17. The molecule has 17 heavy (non-hydrogen) atoms. The second kappa shape index (κ2) is 6.40. The van der Waals surface area contributed by atoms with Crippen LogP contribution in [0.3, 0.4) is 0 Å². The molecule has 0 aromatic heterocycles. The van der Waals surface area contributed by atoms with Crippen LogP contribution in [0, 0.1) is 5.92 Å². The number of hydrogen-bond acceptors (Lipinski definition) is 2. The van der Waals surface area contributed by atoms with Crippen molar-refractivity contribution in [2.24, 2.45) is 11.7 Å². The summed E-state index contributed by atoms with van der Waals surface area (Å²) in [6.07, 6.45) is 0.851. The summed E-state index contributed by atoms with van der Waals surface area (Å²) in [5.41, 5.74) is 7.35. The van der Waals surface area contributed by atoms with Crippen LogP contribution in [0.4, 0.5) is 0 Å². The quantitative estimate of drug-likeness (QED) is 0.818. The molecule has 3 heteroatoms. The number of nitrogens with two attached hydrogens (primary N) is 1. The molecule has 0 aliphatic carbocycles. The van der Waals surface area contributed by atoms with Gasteiger partial charge in [0.15, 0.2) is 0 Å². The van der Waals surface area contributed by atoms with E-state index in [1.165, 1.54) is 5.56 Å². The SMILES string of the molecule is CC(C)C(C)NC(=O)c1ccc(CCN)cc1. The molecule has 0 aliphatic heterocycles. The summed E-state index contributed by atoms with van der Waals surface area (Å²) in [7, 11) is 0. The van der Waals surface area contributed by atoms with E-state index in [9.17, 15) is 4.79 Å². The van der Waals surface area contributed by atoms with Crippen LogP contribution in [0.25, 0.3) is 0 Å². The summed E-state index contributed by atoms with van der Waals surface area (Å²) in [5.74, 6) is 0.431. The molecule has 0 aliphatic rings. The van der Waals surface area contributed by atoms with Gasteiger partial charge in [0.05, 0.1) is 0 Å². The van der Waals surface area contributed by atoms with Gasteiger partial charge in [-0.3, -0.25) is 4.79 Å². The third-order valence-electron chi connectivity index (χ3n) is 3.01. The zero-order chi connectivity index (χ0) is 12.8. The maximum absolute atomic E-state index is 11.9. The summed E-state index contributed by atoms with van der Waals surface area (Å²) in [4.78, 5) is 11.9. The first-order chi connectivity index (χ1) is 8.04. The predicted octanol–water partition coefficient (Wildman–Crippen LogP) is 1.96. The second-order valence-corrected chi connectivity index (χ2v) is 4.74. The molecule has 1 aromatic rings. The molecule has 1 unspecified atom stereocenters. The van der Waals surface area contributed by atoms with E-state index in [0.29, 0.717) is 18.0 Å². The summed E-state index contributed by atoms with van der Waals surface area (Å²) in [6, 6.07) is 7.82. The molecular weight excluding hydrogens is 212 g/mol. The molecule has 1 amide bonds. The van der Waals surface area contributed by atoms with E-state index in [1.807, 2.05) is 31.2 Å². The van der Waals surface area contributed by atoms with Crippen molar-refractivity contribution in [3.8, 4) is 0 Å². The molecule has 0 bridgehead atoms. The molecule has 1 aromatic carbocycles. The lowest BCUT2D eigenvalue weighted by molar-refractivity contribution is 0.0930. The van der Waals surface area contributed by atoms with Crippen LogP contribution in [0.1, 0.15) is 36.7 Å². The Hall–Kier alpha value is -1.35. The normalized spacial score (nSPS) is 12.5. The molecule has 1 atom stereocenters. The fourth-order valence-corrected chi connectivity index (χ4v) is 1.45. The number of carbonyl (C=O) groups is 1. The molecule has 1 rings (SSSR count). The van der Waals surface area contributed by atoms with Crippen molar-refractivity contribution < 1.29 is 4.79 Å². The Kier molecular flexibility index (Phi) is 5.16. The maximum Gasteiger partial charge on any atom is 0.251 e. The minimum Gasteiger partial charge on any atom is -0.349 e. The van der Waals surface area contributed by atoms with Crippen molar-refractivity contribution in [2.75, 3.05) is 6.54 Å². The maximum atomic E-state index is 11.9. The van der Waals surface area contributed by atoms with E-state index in [2.05, 4.69) is 19.2 Å². The summed E-state index contributed by atoms with van der Waals surface area (Å²) < 4.78 is 0. The Morgan fingerprint density at radius 1 is 1.24 bits per heavy atom. The third-order valence-corrected chi connectivity index (χ3v) is 3.01. The van der Waals surface area contributed by atoms with Crippen molar-refractivity contribution >= 4 is 5.91 Å². The number of benzene rings is 1. The standard InChI is InChI=1S/C14H22N2O/c1-10(2)11(3)16-14(17)13-6-4-12(5-7-13)8-9-15/h4-7,10-11H,8-9,15H2,1-3H3,(H,16,17). The Morgan fingerprint density at radius 3 is 2.29 bits per heavy atom. The Bertz CT molecular complexity index is 357. The topological polar surface area (TPSA) is 55.1 Å². The third kappa shape index (κ3) is 4.19. The van der Waals surface area contributed by atoms with Gasteiger partial charge in [0.2, 0.25) is 0 Å². The first-order valence-electron chi connectivity index (χ1n) is 6.14. The highest BCUT2D eigenvalue weighted by molar-refractivity contribution is 5.94. The lowest BCUT2D eigenvalue weighted by Crippen LogP contribution is -2.36. The minimum atomic E-state index is -0.00880. The average Bonchev–Trinajstić information content (AvgIpc) is 2.30. The van der Waals surface area contributed by atoms with Crippen LogP contribution in [0.15, 0.2) is 24.3 Å². The molecule has 0 fully saturated rings. The second-order valence-electron chi connectivity index (χ2n) is 4.74. The van der Waals surface area contributed by atoms with Gasteiger partial charge in [-0.05, 0) is 43.5 Å². The van der Waals surface area contributed by atoms with Gasteiger partial charge in [-0.1, -0.05) is 26.0 Å². The van der Waals surface area contributed by atoms with Crippen LogP contribution < -0.4 is 11.1 Å². The van der Waals surface area contributed by atoms with E-state index in [0.717, 1.165) is 6.42 Å². The van der Waals surface area contributed by atoms with Gasteiger partial charge in [-0.25, -0.2) is 0 Å². The van der Waals surface area contributed by atoms with Gasteiger partial charge in [-0.2, -0.15) is 0 Å². The Labute approximate surface area is 103 Å². The van der Waals surface area contributed by atoms with Crippen molar-refractivity contribution in [3.63, 3.8) is 0 Å². The highest BCUT2D eigenvalue weighted by Gasteiger charge is 2.12. The number of nitrogens with one attached hydrogen (secondary N) is 1. The van der Waals surface area contributed by atoms with Crippen molar-refractivity contribution in [3.05, 3.63) is 35.4 Å². The summed E-state index contributed by atoms with van der Waals surface area (Å²) >= 11 is 0. The first-order valence-corrected chi connectivity index (χ1v) is 6.14. The van der Waals surface area contributed by atoms with Gasteiger partial charge in [-0.15, -0.1) is 0 Å². The van der Waals surface area contributed by atoms with Crippen molar-refractivity contribution in [1.29, 1.82) is 0 Å². The summed E-state index contributed by atoms with van der Waals surface area (Å²) in [6.45, 7) is 6.84. The smallest absolute Gasteiger partial charge is 0.251 e. The van der Waals surface area contributed by atoms with E-state index in [1.54, 1.807) is 0 Å². The van der Waals surface area contributed by atoms with Crippen LogP contribution in [0.5, 0.6) is 0 Å². The molecule has 0 saturated heterocycles. The fourth-order valence-electron chi connectivity index (χ4n) is 1.45. The van der Waals surface area contributed by atoms with Crippen molar-refractivity contribution in [2.45, 2.75) is 33.2 Å². The Morgan fingerprint density at radius 2 is 1.82 bits per heavy atom. The van der Waals surface area contributed by atoms with Gasteiger partial charge in [0.25, 0.3) is 5.91 Å². The van der Waals surface area contributed by atoms with E-state index in [4.69, 9.17) is 5.73 Å². The number of amides is 1. The molecule has 0 radical (unpaired) electrons. The number of carbonyl (C=O) groups excluding carboxylic acids is 1. The highest BCUT2D eigenvalue weighted by atomic mass is 16.1. The molecule has 0 spiro atoms. The monoisotopic (exact) mass is 234 g/mol. The predicted molar refractivity (Wildman–Crippen MR) is 71.0 cm³/mol. The number of hydrogen-bond donors (Lipinski definition) is 2. The zero-order valence-electron chi connectivity index (χ0n) is 10.9. The van der Waals surface area contributed by atoms with E-state index < -0.39 is 0 Å². The average molecular weight is 234 g/mol. The van der Waals surface area contributed by atoms with Crippen LogP contribution in [-0.2, 0) is 6.42 Å². The molecule has 3 nitrogen and oxygen atoms in total. The van der Waals surface area contributed by atoms with Gasteiger partial charge < -0.3 is 11.1 Å². The zero-order valence-corrected chi connectivity index (χ0v) is 10.9. The summed E-state index contributed by atoms with van der Waals surface area (Å²) in [5, 5.41) is 2.98. The lowest BCUT2D eigenvalue weighted by atomic mass is 10.1. The molecule has 0 saturated carbocycles. The van der Waals surface area contributed by atoms with E-state index in [-0.39, 0.29) is 11.9 Å². The van der Waals surface area contributed by atoms with Crippen LogP contribution in [-0.4, -0.2) is 18.5 Å². The first kappa shape index (κ1) is 13.7. The molecule has 3 N–H and O–H groups in total. The molecule has 0 heterocycles. The van der Waals surface area contributed by atoms with Gasteiger partial charge in [0.1, 0.15) is 0 Å². The van der Waals surface area contributed by atoms with Gasteiger partial charge in [0, 0.05) is 11.6 Å². The fraction of sp³-hybridized carbons (Fsp3) is 0.500. The van der Waals surface area contributed by atoms with Crippen molar-refractivity contribution in [1.82, 2.24) is 5.32 Å².